The second-order valence-electron chi connectivity index (χ2n) is 3.32. The minimum absolute atomic E-state index is 0.617. The number of halogens is 2. The average Bonchev–Trinajstić information content (AvgIpc) is 1.98. The van der Waals surface area contributed by atoms with Crippen LogP contribution < -0.4 is 0 Å². The summed E-state index contributed by atoms with van der Waals surface area (Å²) in [7, 11) is 0. The molecule has 0 aliphatic heterocycles. The van der Waals surface area contributed by atoms with Crippen molar-refractivity contribution in [1.82, 2.24) is 0 Å². The van der Waals surface area contributed by atoms with Crippen LogP contribution >= 0.6 is 31.9 Å². The lowest BCUT2D eigenvalue weighted by Gasteiger charge is -2.35. The third kappa shape index (κ3) is 1.10. The van der Waals surface area contributed by atoms with E-state index in [9.17, 15) is 0 Å². The summed E-state index contributed by atoms with van der Waals surface area (Å²) in [5.41, 5.74) is 0. The topological polar surface area (TPSA) is 0 Å². The van der Waals surface area contributed by atoms with Gasteiger partial charge in [-0.05, 0) is 31.1 Å². The molecule has 2 heteroatoms. The second kappa shape index (κ2) is 2.63. The molecule has 0 amide bonds. The van der Waals surface area contributed by atoms with E-state index in [-0.39, 0.29) is 0 Å². The smallest absolute Gasteiger partial charge is 0.0486 e. The van der Waals surface area contributed by atoms with Crippen molar-refractivity contribution in [3.63, 3.8) is 0 Å². The minimum Gasteiger partial charge on any atom is -0.0830 e. The molecule has 0 aromatic heterocycles. The minimum atomic E-state index is 0.617. The molecule has 2 bridgehead atoms. The summed E-state index contributed by atoms with van der Waals surface area (Å²) in [6, 6.07) is 0. The molecular formula is C8H10Br2. The van der Waals surface area contributed by atoms with Crippen LogP contribution in [0.1, 0.15) is 19.3 Å². The summed E-state index contributed by atoms with van der Waals surface area (Å²) in [6.07, 6.45) is 6.49. The van der Waals surface area contributed by atoms with Gasteiger partial charge in [0, 0.05) is 9.31 Å². The van der Waals surface area contributed by atoms with Crippen LogP contribution in [0.15, 0.2) is 10.6 Å². The fourth-order valence-corrected chi connectivity index (χ4v) is 3.01. The van der Waals surface area contributed by atoms with E-state index in [0.29, 0.717) is 4.83 Å². The van der Waals surface area contributed by atoms with E-state index in [1.54, 1.807) is 0 Å². The molecule has 0 aromatic carbocycles. The average molecular weight is 266 g/mol. The van der Waals surface area contributed by atoms with Crippen LogP contribution in [0.25, 0.3) is 0 Å². The van der Waals surface area contributed by atoms with Gasteiger partial charge in [0.25, 0.3) is 0 Å². The largest absolute Gasteiger partial charge is 0.0830 e. The lowest BCUT2D eigenvalue weighted by atomic mass is 9.74. The van der Waals surface area contributed by atoms with E-state index in [0.717, 1.165) is 11.8 Å². The molecule has 0 spiro atoms. The highest BCUT2D eigenvalue weighted by molar-refractivity contribution is 9.14. The van der Waals surface area contributed by atoms with Gasteiger partial charge in [0.1, 0.15) is 0 Å². The van der Waals surface area contributed by atoms with Gasteiger partial charge in [0.2, 0.25) is 0 Å². The van der Waals surface area contributed by atoms with Crippen molar-refractivity contribution in [3.05, 3.63) is 10.6 Å². The summed E-state index contributed by atoms with van der Waals surface area (Å²) in [5, 5.41) is 0. The molecule has 0 nitrogen and oxygen atoms in total. The molecule has 56 valence electrons. The van der Waals surface area contributed by atoms with Gasteiger partial charge in [-0.2, -0.15) is 0 Å². The zero-order valence-electron chi connectivity index (χ0n) is 5.69. The molecule has 0 aromatic rings. The zero-order chi connectivity index (χ0) is 7.14. The van der Waals surface area contributed by atoms with Crippen LogP contribution in [-0.4, -0.2) is 4.83 Å². The molecule has 3 aliphatic rings. The predicted molar refractivity (Wildman–Crippen MR) is 50.6 cm³/mol. The van der Waals surface area contributed by atoms with Gasteiger partial charge >= 0.3 is 0 Å². The summed E-state index contributed by atoms with van der Waals surface area (Å²) < 4.78 is 1.37. The van der Waals surface area contributed by atoms with Crippen molar-refractivity contribution >= 4 is 31.9 Å². The molecule has 0 unspecified atom stereocenters. The highest BCUT2D eigenvalue weighted by Crippen LogP contribution is 2.47. The number of fused-ring (bicyclic) bond motifs is 2. The molecule has 1 fully saturated rings. The van der Waals surface area contributed by atoms with Crippen LogP contribution in [-0.2, 0) is 0 Å². The standard InChI is InChI=1S/C8H10Br2/c9-7-2-1-5-3-6(4-5)8(7)10/h2,5-6,8H,1,3-4H2/t5?,6?,8-/m1/s1. The van der Waals surface area contributed by atoms with Crippen molar-refractivity contribution in [2.24, 2.45) is 11.8 Å². The van der Waals surface area contributed by atoms with Crippen molar-refractivity contribution in [2.75, 3.05) is 0 Å². The maximum atomic E-state index is 3.69. The van der Waals surface area contributed by atoms with E-state index in [1.165, 1.54) is 23.7 Å². The summed E-state index contributed by atoms with van der Waals surface area (Å²) in [4.78, 5) is 0.617. The molecule has 3 aliphatic carbocycles. The van der Waals surface area contributed by atoms with Crippen LogP contribution in [0.2, 0.25) is 0 Å². The number of allylic oxidation sites excluding steroid dienone is 2. The second-order valence-corrected chi connectivity index (χ2v) is 5.23. The summed E-state index contributed by atoms with van der Waals surface area (Å²) in [5.74, 6) is 1.92. The first-order valence-corrected chi connectivity index (χ1v) is 5.48. The quantitative estimate of drug-likeness (QED) is 0.589. The van der Waals surface area contributed by atoms with Gasteiger partial charge in [-0.1, -0.05) is 37.9 Å². The van der Waals surface area contributed by atoms with E-state index in [1.807, 2.05) is 0 Å². The number of hydrogen-bond acceptors (Lipinski definition) is 0. The number of hydrogen-bond donors (Lipinski definition) is 0. The van der Waals surface area contributed by atoms with Crippen LogP contribution in [0, 0.1) is 11.8 Å². The Morgan fingerprint density at radius 3 is 2.80 bits per heavy atom. The van der Waals surface area contributed by atoms with Crippen molar-refractivity contribution in [3.8, 4) is 0 Å². The van der Waals surface area contributed by atoms with Crippen molar-refractivity contribution in [1.29, 1.82) is 0 Å². The Hall–Kier alpha value is 0.700. The molecule has 0 radical (unpaired) electrons. The Morgan fingerprint density at radius 2 is 2.10 bits per heavy atom. The van der Waals surface area contributed by atoms with E-state index in [4.69, 9.17) is 0 Å². The Kier molecular flexibility index (Phi) is 1.94. The highest BCUT2D eigenvalue weighted by Gasteiger charge is 2.36. The van der Waals surface area contributed by atoms with Crippen LogP contribution in [0.3, 0.4) is 0 Å². The van der Waals surface area contributed by atoms with Crippen LogP contribution in [0.4, 0.5) is 0 Å². The Morgan fingerprint density at radius 1 is 1.40 bits per heavy atom. The van der Waals surface area contributed by atoms with Crippen molar-refractivity contribution in [2.45, 2.75) is 24.1 Å². The van der Waals surface area contributed by atoms with E-state index >= 15 is 0 Å². The predicted octanol–water partition coefficient (Wildman–Crippen LogP) is 3.46. The van der Waals surface area contributed by atoms with Gasteiger partial charge in [0.05, 0.1) is 0 Å². The van der Waals surface area contributed by atoms with Gasteiger partial charge in [-0.3, -0.25) is 0 Å². The van der Waals surface area contributed by atoms with Gasteiger partial charge in [-0.25, -0.2) is 0 Å². The van der Waals surface area contributed by atoms with Crippen molar-refractivity contribution < 1.29 is 0 Å². The van der Waals surface area contributed by atoms with Gasteiger partial charge in [-0.15, -0.1) is 0 Å². The van der Waals surface area contributed by atoms with E-state index in [2.05, 4.69) is 37.9 Å². The highest BCUT2D eigenvalue weighted by atomic mass is 79.9. The first-order chi connectivity index (χ1) is 4.77. The molecule has 10 heavy (non-hydrogen) atoms. The maximum Gasteiger partial charge on any atom is 0.0486 e. The lowest BCUT2D eigenvalue weighted by molar-refractivity contribution is 0.212. The maximum absolute atomic E-state index is 3.69. The number of alkyl halides is 1. The molecule has 0 heterocycles. The molecular weight excluding hydrogens is 256 g/mol. The Balaban J connectivity index is 2.16. The first-order valence-electron chi connectivity index (χ1n) is 3.77. The third-order valence-corrected chi connectivity index (χ3v) is 5.27. The fourth-order valence-electron chi connectivity index (χ4n) is 1.84. The van der Waals surface area contributed by atoms with Gasteiger partial charge < -0.3 is 0 Å². The molecule has 0 saturated heterocycles. The summed E-state index contributed by atoms with van der Waals surface area (Å²) in [6.45, 7) is 0. The lowest BCUT2D eigenvalue weighted by Crippen LogP contribution is -2.27. The normalized spacial score (nSPS) is 45.4. The Bertz CT molecular complexity index is 168. The Labute approximate surface area is 78.3 Å². The first kappa shape index (κ1) is 7.35. The molecule has 0 N–H and O–H groups in total. The van der Waals surface area contributed by atoms with E-state index < -0.39 is 0 Å². The monoisotopic (exact) mass is 264 g/mol. The molecule has 1 saturated carbocycles. The molecule has 1 atom stereocenters. The number of rotatable bonds is 0. The SMILES string of the molecule is BrC1=CCC2CC(C2)[C@H]1Br. The zero-order valence-corrected chi connectivity index (χ0v) is 8.86. The van der Waals surface area contributed by atoms with Gasteiger partial charge in [0.15, 0.2) is 0 Å². The molecule has 3 rings (SSSR count). The van der Waals surface area contributed by atoms with Crippen LogP contribution in [0.5, 0.6) is 0 Å². The summed E-state index contributed by atoms with van der Waals surface area (Å²) >= 11 is 7.28. The fraction of sp³-hybridized carbons (Fsp3) is 0.750. The third-order valence-electron chi connectivity index (χ3n) is 2.60.